The number of aryl methyl sites for hydroxylation is 1. The fourth-order valence-corrected chi connectivity index (χ4v) is 3.47. The molecule has 1 aliphatic rings. The van der Waals surface area contributed by atoms with Gasteiger partial charge in [-0.3, -0.25) is 0 Å². The van der Waals surface area contributed by atoms with Crippen LogP contribution in [0.25, 0.3) is 10.8 Å². The minimum absolute atomic E-state index is 0.627. The van der Waals surface area contributed by atoms with E-state index in [2.05, 4.69) is 83.0 Å². The number of hydrogen-bond acceptors (Lipinski definition) is 2. The van der Waals surface area contributed by atoms with E-state index >= 15 is 0 Å². The average Bonchev–Trinajstić information content (AvgIpc) is 2.60. The monoisotopic (exact) mass is 316 g/mol. The van der Waals surface area contributed by atoms with Crippen LogP contribution in [0.3, 0.4) is 0 Å². The number of rotatable bonds is 6. The fraction of sp³-hybridized carbons (Fsp3) is 0.273. The zero-order chi connectivity index (χ0) is 16.2. The molecule has 0 radical (unpaired) electrons. The van der Waals surface area contributed by atoms with Crippen LogP contribution < -0.4 is 10.2 Å². The Balaban J connectivity index is 1.50. The molecular formula is C22H24N2. The van der Waals surface area contributed by atoms with E-state index in [-0.39, 0.29) is 0 Å². The van der Waals surface area contributed by atoms with E-state index in [1.807, 2.05) is 0 Å². The molecule has 0 aliphatic carbocycles. The second-order valence-electron chi connectivity index (χ2n) is 6.63. The minimum atomic E-state index is 0.627. The number of fused-ring (bicyclic) bond motifs is 1. The van der Waals surface area contributed by atoms with Crippen molar-refractivity contribution in [1.29, 1.82) is 0 Å². The second-order valence-corrected chi connectivity index (χ2v) is 6.63. The van der Waals surface area contributed by atoms with Gasteiger partial charge in [0.25, 0.3) is 0 Å². The van der Waals surface area contributed by atoms with E-state index in [1.165, 1.54) is 28.4 Å². The number of nitrogens with zero attached hydrogens (tertiary/aromatic N) is 1. The molecule has 2 nitrogen and oxygen atoms in total. The topological polar surface area (TPSA) is 15.3 Å². The maximum atomic E-state index is 3.42. The highest BCUT2D eigenvalue weighted by molar-refractivity contribution is 5.85. The molecule has 0 unspecified atom stereocenters. The van der Waals surface area contributed by atoms with Crippen LogP contribution in [-0.4, -0.2) is 25.7 Å². The molecule has 1 heterocycles. The average molecular weight is 316 g/mol. The highest BCUT2D eigenvalue weighted by atomic mass is 15.2. The van der Waals surface area contributed by atoms with Crippen LogP contribution in [0.1, 0.15) is 12.0 Å². The highest BCUT2D eigenvalue weighted by Gasteiger charge is 2.24. The first-order chi connectivity index (χ1) is 11.9. The Kier molecular flexibility index (Phi) is 4.48. The summed E-state index contributed by atoms with van der Waals surface area (Å²) in [7, 11) is 0. The van der Waals surface area contributed by atoms with Gasteiger partial charge in [0.05, 0.1) is 6.04 Å². The lowest BCUT2D eigenvalue weighted by molar-refractivity contribution is 0.411. The van der Waals surface area contributed by atoms with Gasteiger partial charge in [0, 0.05) is 25.3 Å². The smallest absolute Gasteiger partial charge is 0.0539 e. The first-order valence-electron chi connectivity index (χ1n) is 8.90. The highest BCUT2D eigenvalue weighted by Crippen LogP contribution is 2.25. The van der Waals surface area contributed by atoms with E-state index < -0.39 is 0 Å². The van der Waals surface area contributed by atoms with Crippen LogP contribution in [0.15, 0.2) is 72.8 Å². The molecule has 0 spiro atoms. The van der Waals surface area contributed by atoms with Gasteiger partial charge in [0.1, 0.15) is 0 Å². The number of benzene rings is 3. The van der Waals surface area contributed by atoms with E-state index in [0.29, 0.717) is 6.04 Å². The van der Waals surface area contributed by atoms with Crippen molar-refractivity contribution in [3.63, 3.8) is 0 Å². The van der Waals surface area contributed by atoms with E-state index in [0.717, 1.165) is 26.1 Å². The Hall–Kier alpha value is -2.32. The summed E-state index contributed by atoms with van der Waals surface area (Å²) >= 11 is 0. The van der Waals surface area contributed by atoms with Gasteiger partial charge in [-0.2, -0.15) is 0 Å². The SMILES string of the molecule is c1ccc(CCCN(c2ccc3ccccc3c2)C2CNC2)cc1. The summed E-state index contributed by atoms with van der Waals surface area (Å²) in [6.45, 7) is 3.30. The lowest BCUT2D eigenvalue weighted by Gasteiger charge is -2.40. The number of anilines is 1. The van der Waals surface area contributed by atoms with Crippen molar-refractivity contribution in [3.8, 4) is 0 Å². The third-order valence-electron chi connectivity index (χ3n) is 4.97. The van der Waals surface area contributed by atoms with Gasteiger partial charge < -0.3 is 10.2 Å². The summed E-state index contributed by atoms with van der Waals surface area (Å²) < 4.78 is 0. The largest absolute Gasteiger partial charge is 0.366 e. The maximum absolute atomic E-state index is 3.42. The van der Waals surface area contributed by atoms with Crippen LogP contribution in [0.4, 0.5) is 5.69 Å². The number of hydrogen-bond donors (Lipinski definition) is 1. The molecular weight excluding hydrogens is 292 g/mol. The van der Waals surface area contributed by atoms with Crippen molar-refractivity contribution in [2.24, 2.45) is 0 Å². The van der Waals surface area contributed by atoms with Crippen molar-refractivity contribution < 1.29 is 0 Å². The summed E-state index contributed by atoms with van der Waals surface area (Å²) in [5, 5.41) is 6.06. The molecule has 3 aromatic carbocycles. The van der Waals surface area contributed by atoms with Crippen LogP contribution in [0.5, 0.6) is 0 Å². The number of nitrogens with one attached hydrogen (secondary N) is 1. The summed E-state index contributed by atoms with van der Waals surface area (Å²) in [5.41, 5.74) is 2.79. The Morgan fingerprint density at radius 1 is 0.833 bits per heavy atom. The summed E-state index contributed by atoms with van der Waals surface area (Å²) in [6, 6.07) is 26.9. The molecule has 0 aromatic heterocycles. The maximum Gasteiger partial charge on any atom is 0.0539 e. The van der Waals surface area contributed by atoms with Crippen molar-refractivity contribution in [2.45, 2.75) is 18.9 Å². The Labute approximate surface area is 144 Å². The molecule has 3 aromatic rings. The molecule has 24 heavy (non-hydrogen) atoms. The molecule has 0 amide bonds. The summed E-state index contributed by atoms with van der Waals surface area (Å²) in [6.07, 6.45) is 2.33. The molecule has 0 bridgehead atoms. The molecule has 1 fully saturated rings. The van der Waals surface area contributed by atoms with Gasteiger partial charge in [-0.1, -0.05) is 60.7 Å². The van der Waals surface area contributed by atoms with Crippen molar-refractivity contribution >= 4 is 16.5 Å². The quantitative estimate of drug-likeness (QED) is 0.731. The molecule has 1 saturated heterocycles. The third-order valence-corrected chi connectivity index (χ3v) is 4.97. The molecule has 1 aliphatic heterocycles. The first-order valence-corrected chi connectivity index (χ1v) is 8.90. The van der Waals surface area contributed by atoms with Crippen LogP contribution in [0, 0.1) is 0 Å². The predicted molar refractivity (Wildman–Crippen MR) is 103 cm³/mol. The molecule has 0 saturated carbocycles. The zero-order valence-corrected chi connectivity index (χ0v) is 14.0. The van der Waals surface area contributed by atoms with Crippen molar-refractivity contribution in [3.05, 3.63) is 78.4 Å². The van der Waals surface area contributed by atoms with Crippen LogP contribution in [0.2, 0.25) is 0 Å². The fourth-order valence-electron chi connectivity index (χ4n) is 3.47. The van der Waals surface area contributed by atoms with Gasteiger partial charge >= 0.3 is 0 Å². The lowest BCUT2D eigenvalue weighted by atomic mass is 10.0. The van der Waals surface area contributed by atoms with Crippen LogP contribution in [-0.2, 0) is 6.42 Å². The predicted octanol–water partition coefficient (Wildman–Crippen LogP) is 4.25. The zero-order valence-electron chi connectivity index (χ0n) is 14.0. The van der Waals surface area contributed by atoms with E-state index in [1.54, 1.807) is 0 Å². The van der Waals surface area contributed by atoms with Gasteiger partial charge in [0.15, 0.2) is 0 Å². The normalized spacial score (nSPS) is 14.5. The molecule has 1 N–H and O–H groups in total. The lowest BCUT2D eigenvalue weighted by Crippen LogP contribution is -2.57. The Morgan fingerprint density at radius 2 is 1.58 bits per heavy atom. The van der Waals surface area contributed by atoms with Gasteiger partial charge in [-0.25, -0.2) is 0 Å². The van der Waals surface area contributed by atoms with E-state index in [9.17, 15) is 0 Å². The molecule has 4 rings (SSSR count). The molecule has 2 heteroatoms. The molecule has 122 valence electrons. The van der Waals surface area contributed by atoms with Crippen molar-refractivity contribution in [1.82, 2.24) is 5.32 Å². The summed E-state index contributed by atoms with van der Waals surface area (Å²) in [4.78, 5) is 2.59. The van der Waals surface area contributed by atoms with Crippen LogP contribution >= 0.6 is 0 Å². The Morgan fingerprint density at radius 3 is 2.33 bits per heavy atom. The van der Waals surface area contributed by atoms with E-state index in [4.69, 9.17) is 0 Å². The summed E-state index contributed by atoms with van der Waals surface area (Å²) in [5.74, 6) is 0. The van der Waals surface area contributed by atoms with Gasteiger partial charge in [-0.05, 0) is 41.3 Å². The minimum Gasteiger partial charge on any atom is -0.366 e. The second kappa shape index (κ2) is 7.06. The Bertz CT molecular complexity index is 793. The van der Waals surface area contributed by atoms with Gasteiger partial charge in [0.2, 0.25) is 0 Å². The molecule has 0 atom stereocenters. The first kappa shape index (κ1) is 15.2. The van der Waals surface area contributed by atoms with Crippen molar-refractivity contribution in [2.75, 3.05) is 24.5 Å². The standard InChI is InChI=1S/C22H24N2/c1-2-7-18(8-3-1)9-6-14-24(22-16-23-17-22)21-13-12-19-10-4-5-11-20(19)15-21/h1-5,7-8,10-13,15,22-23H,6,9,14,16-17H2. The third kappa shape index (κ3) is 3.29. The van der Waals surface area contributed by atoms with Gasteiger partial charge in [-0.15, -0.1) is 0 Å².